The van der Waals surface area contributed by atoms with Crippen molar-refractivity contribution in [3.63, 3.8) is 0 Å². The van der Waals surface area contributed by atoms with Crippen molar-refractivity contribution in [2.45, 2.75) is 18.8 Å². The van der Waals surface area contributed by atoms with Gasteiger partial charge in [-0.05, 0) is 12.8 Å². The van der Waals surface area contributed by atoms with Gasteiger partial charge in [-0.2, -0.15) is 5.10 Å². The number of rotatable bonds is 2. The molecule has 2 rings (SSSR count). The lowest BCUT2D eigenvalue weighted by atomic mass is 9.97. The van der Waals surface area contributed by atoms with Gasteiger partial charge in [0.25, 0.3) is 0 Å². The zero-order valence-corrected chi connectivity index (χ0v) is 7.84. The van der Waals surface area contributed by atoms with Gasteiger partial charge in [-0.25, -0.2) is 0 Å². The van der Waals surface area contributed by atoms with E-state index in [1.54, 1.807) is 0 Å². The highest BCUT2D eigenvalue weighted by molar-refractivity contribution is 5.35. The van der Waals surface area contributed by atoms with Crippen molar-refractivity contribution in [3.8, 4) is 0 Å². The summed E-state index contributed by atoms with van der Waals surface area (Å²) in [4.78, 5) is 0. The smallest absolute Gasteiger partial charge is 0.147 e. The number of anilines is 1. The van der Waals surface area contributed by atoms with Crippen LogP contribution in [0.5, 0.6) is 0 Å². The second kappa shape index (κ2) is 3.79. The van der Waals surface area contributed by atoms with Gasteiger partial charge in [0.1, 0.15) is 5.82 Å². The topological polar surface area (TPSA) is 49.9 Å². The Morgan fingerprint density at radius 2 is 2.31 bits per heavy atom. The van der Waals surface area contributed by atoms with Crippen molar-refractivity contribution in [2.24, 2.45) is 0 Å². The maximum Gasteiger partial charge on any atom is 0.147 e. The van der Waals surface area contributed by atoms with Crippen LogP contribution in [0.2, 0.25) is 0 Å². The molecule has 0 saturated carbocycles. The Morgan fingerprint density at radius 1 is 1.54 bits per heavy atom. The summed E-state index contributed by atoms with van der Waals surface area (Å²) in [7, 11) is 1.88. The molecular formula is C9H15N3O. The van der Waals surface area contributed by atoms with Gasteiger partial charge < -0.3 is 10.1 Å². The Kier molecular flexibility index (Phi) is 2.49. The molecule has 1 aromatic rings. The van der Waals surface area contributed by atoms with Gasteiger partial charge >= 0.3 is 0 Å². The van der Waals surface area contributed by atoms with E-state index in [9.17, 15) is 0 Å². The molecule has 0 unspecified atom stereocenters. The molecule has 2 N–H and O–H groups in total. The quantitative estimate of drug-likeness (QED) is 0.724. The monoisotopic (exact) mass is 181 g/mol. The molecule has 0 radical (unpaired) electrons. The number of hydrogen-bond acceptors (Lipinski definition) is 3. The lowest BCUT2D eigenvalue weighted by Crippen LogP contribution is -2.14. The van der Waals surface area contributed by atoms with Crippen molar-refractivity contribution >= 4 is 5.82 Å². The molecule has 1 aromatic heterocycles. The molecule has 4 heteroatoms. The first-order chi connectivity index (χ1) is 6.40. The van der Waals surface area contributed by atoms with E-state index in [0.717, 1.165) is 31.9 Å². The summed E-state index contributed by atoms with van der Waals surface area (Å²) < 4.78 is 5.30. The van der Waals surface area contributed by atoms with Crippen LogP contribution in [-0.4, -0.2) is 30.5 Å². The van der Waals surface area contributed by atoms with E-state index in [4.69, 9.17) is 4.74 Å². The van der Waals surface area contributed by atoms with Crippen molar-refractivity contribution in [2.75, 3.05) is 25.6 Å². The first-order valence-electron chi connectivity index (χ1n) is 4.71. The number of hydrogen-bond donors (Lipinski definition) is 2. The Labute approximate surface area is 77.7 Å². The number of nitrogens with zero attached hydrogens (tertiary/aromatic N) is 1. The van der Waals surface area contributed by atoms with E-state index in [1.165, 1.54) is 5.69 Å². The Hall–Kier alpha value is -1.03. The molecule has 1 aliphatic rings. The van der Waals surface area contributed by atoms with Crippen LogP contribution in [0.15, 0.2) is 6.07 Å². The van der Waals surface area contributed by atoms with Crippen molar-refractivity contribution in [3.05, 3.63) is 11.8 Å². The average molecular weight is 181 g/mol. The van der Waals surface area contributed by atoms with Crippen LogP contribution in [-0.2, 0) is 4.74 Å². The van der Waals surface area contributed by atoms with Crippen molar-refractivity contribution in [1.29, 1.82) is 0 Å². The van der Waals surface area contributed by atoms with Crippen LogP contribution in [0.25, 0.3) is 0 Å². The first-order valence-corrected chi connectivity index (χ1v) is 4.71. The fraction of sp³-hybridized carbons (Fsp3) is 0.667. The molecule has 0 atom stereocenters. The molecule has 0 spiro atoms. The molecule has 2 heterocycles. The molecule has 0 aromatic carbocycles. The molecular weight excluding hydrogens is 166 g/mol. The maximum absolute atomic E-state index is 5.30. The summed E-state index contributed by atoms with van der Waals surface area (Å²) >= 11 is 0. The summed E-state index contributed by atoms with van der Waals surface area (Å²) in [5.74, 6) is 1.52. The van der Waals surface area contributed by atoms with Crippen LogP contribution in [0.1, 0.15) is 24.5 Å². The third-order valence-corrected chi connectivity index (χ3v) is 2.51. The van der Waals surface area contributed by atoms with E-state index < -0.39 is 0 Å². The highest BCUT2D eigenvalue weighted by Gasteiger charge is 2.17. The van der Waals surface area contributed by atoms with Gasteiger partial charge in [0.2, 0.25) is 0 Å². The van der Waals surface area contributed by atoms with Gasteiger partial charge in [0.05, 0.1) is 0 Å². The molecule has 1 aliphatic heterocycles. The second-order valence-corrected chi connectivity index (χ2v) is 3.35. The van der Waals surface area contributed by atoms with E-state index >= 15 is 0 Å². The third kappa shape index (κ3) is 1.83. The summed E-state index contributed by atoms with van der Waals surface area (Å²) in [5, 5.41) is 10.2. The number of ether oxygens (including phenoxy) is 1. The average Bonchev–Trinajstić information content (AvgIpc) is 2.67. The molecule has 72 valence electrons. The number of nitrogens with one attached hydrogen (secondary N) is 2. The van der Waals surface area contributed by atoms with Gasteiger partial charge in [-0.15, -0.1) is 0 Å². The third-order valence-electron chi connectivity index (χ3n) is 2.51. The first kappa shape index (κ1) is 8.56. The van der Waals surface area contributed by atoms with Crippen LogP contribution < -0.4 is 5.32 Å². The molecule has 1 saturated heterocycles. The fourth-order valence-electron chi connectivity index (χ4n) is 1.68. The Bertz CT molecular complexity index is 266. The van der Waals surface area contributed by atoms with Crippen molar-refractivity contribution in [1.82, 2.24) is 10.2 Å². The summed E-state index contributed by atoms with van der Waals surface area (Å²) in [6.45, 7) is 1.75. The van der Waals surface area contributed by atoms with Crippen LogP contribution >= 0.6 is 0 Å². The highest BCUT2D eigenvalue weighted by Crippen LogP contribution is 2.26. The minimum Gasteiger partial charge on any atom is -0.381 e. The van der Waals surface area contributed by atoms with E-state index in [0.29, 0.717) is 5.92 Å². The van der Waals surface area contributed by atoms with Gasteiger partial charge in [0, 0.05) is 37.9 Å². The predicted octanol–water partition coefficient (Wildman–Crippen LogP) is 1.35. The Balaban J connectivity index is 2.05. The zero-order valence-electron chi connectivity index (χ0n) is 7.84. The standard InChI is InChI=1S/C9H15N3O/c1-10-9-6-8(11-12-9)7-2-4-13-5-3-7/h6-7H,2-5H2,1H3,(H2,10,11,12). The Morgan fingerprint density at radius 3 is 2.92 bits per heavy atom. The zero-order chi connectivity index (χ0) is 9.10. The lowest BCUT2D eigenvalue weighted by molar-refractivity contribution is 0.0845. The second-order valence-electron chi connectivity index (χ2n) is 3.35. The summed E-state index contributed by atoms with van der Waals surface area (Å²) in [5.41, 5.74) is 1.23. The molecule has 0 amide bonds. The van der Waals surface area contributed by atoms with Crippen LogP contribution in [0.3, 0.4) is 0 Å². The van der Waals surface area contributed by atoms with E-state index in [2.05, 4.69) is 21.6 Å². The number of H-pyrrole nitrogens is 1. The van der Waals surface area contributed by atoms with Crippen LogP contribution in [0, 0.1) is 0 Å². The maximum atomic E-state index is 5.30. The molecule has 13 heavy (non-hydrogen) atoms. The van der Waals surface area contributed by atoms with Gasteiger partial charge in [-0.1, -0.05) is 0 Å². The number of aromatic nitrogens is 2. The van der Waals surface area contributed by atoms with Gasteiger partial charge in [-0.3, -0.25) is 5.10 Å². The number of aromatic amines is 1. The SMILES string of the molecule is CNc1cc(C2CCOCC2)[nH]n1. The van der Waals surface area contributed by atoms with E-state index in [-0.39, 0.29) is 0 Å². The summed E-state index contributed by atoms with van der Waals surface area (Å²) in [6, 6.07) is 2.08. The molecule has 1 fully saturated rings. The normalized spacial score (nSPS) is 18.8. The molecule has 0 bridgehead atoms. The van der Waals surface area contributed by atoms with E-state index in [1.807, 2.05) is 7.05 Å². The van der Waals surface area contributed by atoms with Crippen LogP contribution in [0.4, 0.5) is 5.82 Å². The van der Waals surface area contributed by atoms with Crippen molar-refractivity contribution < 1.29 is 4.74 Å². The van der Waals surface area contributed by atoms with Gasteiger partial charge in [0.15, 0.2) is 0 Å². The predicted molar refractivity (Wildman–Crippen MR) is 50.9 cm³/mol. The minimum absolute atomic E-state index is 0.600. The minimum atomic E-state index is 0.600. The molecule has 0 aliphatic carbocycles. The summed E-state index contributed by atoms with van der Waals surface area (Å²) in [6.07, 6.45) is 2.21. The highest BCUT2D eigenvalue weighted by atomic mass is 16.5. The molecule has 4 nitrogen and oxygen atoms in total. The largest absolute Gasteiger partial charge is 0.381 e. The lowest BCUT2D eigenvalue weighted by Gasteiger charge is -2.20. The fourth-order valence-corrected chi connectivity index (χ4v) is 1.68.